The number of nitrogens with zero attached hydrogens (tertiary/aromatic N) is 2. The third-order valence-electron chi connectivity index (χ3n) is 4.62. The highest BCUT2D eigenvalue weighted by molar-refractivity contribution is 9.10. The van der Waals surface area contributed by atoms with Crippen molar-refractivity contribution < 1.29 is 0 Å². The Morgan fingerprint density at radius 2 is 2.00 bits per heavy atom. The topological polar surface area (TPSA) is 32.5 Å². The van der Waals surface area contributed by atoms with Crippen LogP contribution in [0.2, 0.25) is 0 Å². The lowest BCUT2D eigenvalue weighted by Crippen LogP contribution is -2.35. The molecule has 20 heavy (non-hydrogen) atoms. The van der Waals surface area contributed by atoms with Crippen LogP contribution in [-0.2, 0) is 6.42 Å². The van der Waals surface area contributed by atoms with E-state index in [2.05, 4.69) is 43.9 Å². The highest BCUT2D eigenvalue weighted by Crippen LogP contribution is 2.30. The van der Waals surface area contributed by atoms with Gasteiger partial charge in [-0.05, 0) is 69.1 Å². The largest absolute Gasteiger partial charge is 0.370 e. The molecule has 1 aromatic carbocycles. The van der Waals surface area contributed by atoms with E-state index < -0.39 is 0 Å². The van der Waals surface area contributed by atoms with Gasteiger partial charge in [0.1, 0.15) is 0 Å². The van der Waals surface area contributed by atoms with Gasteiger partial charge in [-0.3, -0.25) is 4.90 Å². The molecule has 2 fully saturated rings. The smallest absolute Gasteiger partial charge is 0.0400 e. The molecule has 3 rings (SSSR count). The number of nitrogens with two attached hydrogens (primary N) is 1. The first kappa shape index (κ1) is 14.4. The Kier molecular flexibility index (Phi) is 4.64. The molecule has 0 aromatic heterocycles. The van der Waals surface area contributed by atoms with Gasteiger partial charge in [-0.25, -0.2) is 0 Å². The molecule has 0 amide bonds. The molecule has 0 bridgehead atoms. The molecule has 2 aliphatic rings. The van der Waals surface area contributed by atoms with Crippen molar-refractivity contribution in [1.29, 1.82) is 0 Å². The van der Waals surface area contributed by atoms with Crippen LogP contribution in [0.1, 0.15) is 24.8 Å². The van der Waals surface area contributed by atoms with Gasteiger partial charge in [-0.1, -0.05) is 15.9 Å². The minimum Gasteiger partial charge on any atom is -0.370 e. The van der Waals surface area contributed by atoms with Crippen molar-refractivity contribution in [3.05, 3.63) is 28.2 Å². The summed E-state index contributed by atoms with van der Waals surface area (Å²) in [5, 5.41) is 0. The zero-order valence-corrected chi connectivity index (χ0v) is 13.6. The number of rotatable bonds is 4. The monoisotopic (exact) mass is 337 g/mol. The van der Waals surface area contributed by atoms with E-state index in [4.69, 9.17) is 5.73 Å². The number of anilines is 1. The van der Waals surface area contributed by atoms with Crippen molar-refractivity contribution in [3.63, 3.8) is 0 Å². The van der Waals surface area contributed by atoms with Crippen LogP contribution < -0.4 is 10.6 Å². The van der Waals surface area contributed by atoms with E-state index in [1.807, 2.05) is 0 Å². The van der Waals surface area contributed by atoms with E-state index in [1.54, 1.807) is 0 Å². The van der Waals surface area contributed by atoms with Crippen LogP contribution in [0.25, 0.3) is 0 Å². The fraction of sp³-hybridized carbons (Fsp3) is 0.625. The Labute approximate surface area is 130 Å². The zero-order valence-electron chi connectivity index (χ0n) is 12.0. The normalized spacial score (nSPS) is 23.7. The van der Waals surface area contributed by atoms with Crippen molar-refractivity contribution in [3.8, 4) is 0 Å². The summed E-state index contributed by atoms with van der Waals surface area (Å²) in [4.78, 5) is 5.24. The summed E-state index contributed by atoms with van der Waals surface area (Å²) >= 11 is 3.57. The first-order valence-electron chi connectivity index (χ1n) is 7.75. The summed E-state index contributed by atoms with van der Waals surface area (Å²) in [6, 6.07) is 7.39. The molecule has 3 nitrogen and oxygen atoms in total. The van der Waals surface area contributed by atoms with E-state index >= 15 is 0 Å². The molecule has 0 radical (unpaired) electrons. The third-order valence-corrected chi connectivity index (χ3v) is 5.11. The van der Waals surface area contributed by atoms with Crippen LogP contribution >= 0.6 is 15.9 Å². The minimum atomic E-state index is 0.715. The Hall–Kier alpha value is -0.580. The lowest BCUT2D eigenvalue weighted by molar-refractivity contribution is 0.260. The highest BCUT2D eigenvalue weighted by atomic mass is 79.9. The number of hydrogen-bond acceptors (Lipinski definition) is 3. The fourth-order valence-electron chi connectivity index (χ4n) is 3.58. The molecule has 0 aliphatic carbocycles. The molecular formula is C16H24BrN3. The quantitative estimate of drug-likeness (QED) is 0.916. The molecule has 110 valence electrons. The van der Waals surface area contributed by atoms with E-state index in [1.165, 1.54) is 56.7 Å². The van der Waals surface area contributed by atoms with Crippen molar-refractivity contribution in [2.24, 2.45) is 5.73 Å². The van der Waals surface area contributed by atoms with Gasteiger partial charge in [0, 0.05) is 29.3 Å². The van der Waals surface area contributed by atoms with Crippen molar-refractivity contribution in [2.45, 2.75) is 31.7 Å². The molecule has 1 aromatic rings. The van der Waals surface area contributed by atoms with Gasteiger partial charge >= 0.3 is 0 Å². The average Bonchev–Trinajstić information content (AvgIpc) is 3.10. The number of halogens is 1. The number of benzene rings is 1. The van der Waals surface area contributed by atoms with Crippen molar-refractivity contribution in [1.82, 2.24) is 4.90 Å². The molecule has 2 N–H and O–H groups in total. The van der Waals surface area contributed by atoms with Crippen LogP contribution in [-0.4, -0.2) is 43.7 Å². The highest BCUT2D eigenvalue weighted by Gasteiger charge is 2.29. The maximum atomic E-state index is 5.76. The van der Waals surface area contributed by atoms with E-state index in [-0.39, 0.29) is 0 Å². The predicted molar refractivity (Wildman–Crippen MR) is 88.3 cm³/mol. The molecule has 4 heteroatoms. The molecule has 1 unspecified atom stereocenters. The number of likely N-dealkylation sites (tertiary alicyclic amines) is 1. The van der Waals surface area contributed by atoms with E-state index in [0.717, 1.165) is 16.9 Å². The van der Waals surface area contributed by atoms with Gasteiger partial charge < -0.3 is 10.6 Å². The van der Waals surface area contributed by atoms with Crippen LogP contribution in [0, 0.1) is 0 Å². The summed E-state index contributed by atoms with van der Waals surface area (Å²) < 4.78 is 1.15. The first-order chi connectivity index (χ1) is 9.78. The second-order valence-corrected chi connectivity index (χ2v) is 6.86. The SMILES string of the molecule is NCCc1cc(Br)ccc1N1CCC(N2CCCC2)C1. The maximum Gasteiger partial charge on any atom is 0.0400 e. The van der Waals surface area contributed by atoms with E-state index in [9.17, 15) is 0 Å². The second kappa shape index (κ2) is 6.46. The van der Waals surface area contributed by atoms with Gasteiger partial charge in [0.05, 0.1) is 0 Å². The summed E-state index contributed by atoms with van der Waals surface area (Å²) in [5.41, 5.74) is 8.53. The standard InChI is InChI=1S/C16H24BrN3/c17-14-3-4-16(13(11-14)5-7-18)20-10-6-15(12-20)19-8-1-2-9-19/h3-4,11,15H,1-2,5-10,12,18H2. The molecule has 0 spiro atoms. The molecule has 0 saturated carbocycles. The van der Waals surface area contributed by atoms with Gasteiger partial charge in [0.15, 0.2) is 0 Å². The van der Waals surface area contributed by atoms with Gasteiger partial charge in [0.2, 0.25) is 0 Å². The van der Waals surface area contributed by atoms with Crippen LogP contribution in [0.5, 0.6) is 0 Å². The Morgan fingerprint density at radius 3 is 2.75 bits per heavy atom. The molecule has 2 heterocycles. The lowest BCUT2D eigenvalue weighted by Gasteiger charge is -2.26. The van der Waals surface area contributed by atoms with Crippen LogP contribution in [0.3, 0.4) is 0 Å². The van der Waals surface area contributed by atoms with Gasteiger partial charge in [0.25, 0.3) is 0 Å². The van der Waals surface area contributed by atoms with Crippen LogP contribution in [0.4, 0.5) is 5.69 Å². The summed E-state index contributed by atoms with van der Waals surface area (Å²) in [6.07, 6.45) is 5.03. The fourth-order valence-corrected chi connectivity index (χ4v) is 3.99. The Balaban J connectivity index is 1.73. The Morgan fingerprint density at radius 1 is 1.20 bits per heavy atom. The minimum absolute atomic E-state index is 0.715. The van der Waals surface area contributed by atoms with Crippen LogP contribution in [0.15, 0.2) is 22.7 Å². The summed E-state index contributed by atoms with van der Waals surface area (Å²) in [5.74, 6) is 0. The maximum absolute atomic E-state index is 5.76. The predicted octanol–water partition coefficient (Wildman–Crippen LogP) is 2.62. The third kappa shape index (κ3) is 3.02. The van der Waals surface area contributed by atoms with E-state index in [0.29, 0.717) is 6.54 Å². The molecule has 2 aliphatic heterocycles. The van der Waals surface area contributed by atoms with Crippen molar-refractivity contribution >= 4 is 21.6 Å². The molecule has 2 saturated heterocycles. The summed E-state index contributed by atoms with van der Waals surface area (Å²) in [7, 11) is 0. The zero-order chi connectivity index (χ0) is 13.9. The molecular weight excluding hydrogens is 314 g/mol. The molecule has 1 atom stereocenters. The lowest BCUT2D eigenvalue weighted by atomic mass is 10.1. The van der Waals surface area contributed by atoms with Gasteiger partial charge in [-0.2, -0.15) is 0 Å². The Bertz CT molecular complexity index is 457. The summed E-state index contributed by atoms with van der Waals surface area (Å²) in [6.45, 7) is 5.68. The second-order valence-electron chi connectivity index (χ2n) is 5.94. The number of hydrogen-bond donors (Lipinski definition) is 1. The van der Waals surface area contributed by atoms with Crippen molar-refractivity contribution in [2.75, 3.05) is 37.6 Å². The average molecular weight is 338 g/mol. The first-order valence-corrected chi connectivity index (χ1v) is 8.55. The van der Waals surface area contributed by atoms with Gasteiger partial charge in [-0.15, -0.1) is 0 Å².